The molecule has 40 radical (unpaired) electrons. The lowest BCUT2D eigenvalue weighted by Gasteiger charge is -2.33. The Kier molecular flexibility index (Phi) is 16.5. The molecule has 0 heterocycles. The van der Waals surface area contributed by atoms with Crippen molar-refractivity contribution >= 4 is 333 Å². The summed E-state index contributed by atoms with van der Waals surface area (Å²) in [7, 11) is 131. The summed E-state index contributed by atoms with van der Waals surface area (Å²) >= 11 is 0. The SMILES string of the molecule is [B]c1c([B])c([B])c(-c2cc(-c3c([B])c([B])c([B])c([B])c3[B])c(N(c3ccc(C#N)cc3)c3ccc4ccc5c(N(c6ccc(C#N)cc6)c6cc(F)c(-c7c([B])c([B])c([B])c([B])c7[B])cc6-c6c([B])c([B])c([B])c([B])c6[B])ccc6ccc3c4c65)cc2F)c([B])c1[B]. The Morgan fingerprint density at radius 2 is 0.500 bits per heavy atom. The second-order valence-electron chi connectivity index (χ2n) is 22.1. The van der Waals surface area contributed by atoms with Gasteiger partial charge in [0.05, 0.1) is 46.0 Å². The molecule has 26 heteroatoms. The normalized spacial score (nSPS) is 11.3. The van der Waals surface area contributed by atoms with Gasteiger partial charge in [0.25, 0.3) is 0 Å². The molecule has 12 rings (SSSR count). The van der Waals surface area contributed by atoms with E-state index in [1.165, 1.54) is 24.3 Å². The quantitative estimate of drug-likeness (QED) is 0.101. The van der Waals surface area contributed by atoms with E-state index in [2.05, 4.69) is 12.1 Å². The average molecular weight is 1120 g/mol. The molecule has 0 saturated carbocycles. The van der Waals surface area contributed by atoms with Gasteiger partial charge in [-0.1, -0.05) is 80.1 Å². The fourth-order valence-electron chi connectivity index (χ4n) is 12.2. The minimum Gasteiger partial charge on any atom is -0.309 e. The highest BCUT2D eigenvalue weighted by atomic mass is 19.1. The average Bonchev–Trinajstić information content (AvgIpc) is 0.720. The van der Waals surface area contributed by atoms with Crippen LogP contribution in [0.4, 0.5) is 42.9 Å². The molecular weight excluding hydrogens is 1100 g/mol. The number of hydrogen-bond donors (Lipinski definition) is 0. The maximum atomic E-state index is 17.9. The molecule has 0 amide bonds. The fraction of sp³-hybridized carbons (Fsp3) is 0. The lowest BCUT2D eigenvalue weighted by Crippen LogP contribution is -2.55. The Hall–Kier alpha value is -8.58. The summed E-state index contributed by atoms with van der Waals surface area (Å²) in [5, 5.41) is 24.2. The zero-order chi connectivity index (χ0) is 66.1. The molecule has 378 valence electrons. The lowest BCUT2D eigenvalue weighted by molar-refractivity contribution is 0.631. The van der Waals surface area contributed by atoms with Crippen LogP contribution in [0.5, 0.6) is 0 Å². The molecular formula is C66H20B20F2N4. The summed E-state index contributed by atoms with van der Waals surface area (Å²) in [6.07, 6.45) is 0. The highest BCUT2D eigenvalue weighted by Gasteiger charge is 2.31. The molecule has 12 aromatic rings. The standard InChI is InChI=1S/C66H20B20F2N4/c67-47-43(48(68)56(76)63(83)55(47)75)31-17-33(45-51(71)59(79)65(85)60(80)52(45)72)39(19-35(31)87)91(27-9-1-23(21-89)2-10-27)37-15-7-25-6-14-30-38(16-8-26-5-13-29(37)41(25)42(26)30)92(28-11-3-24(22-90)4-12-28)40-20-36(88)32(44-49(69)57(77)64(84)58(78)50(44)70)18-34(40)46-53(73)61(81)66(86)62(82)54(46)74/h1-20H. The smallest absolute Gasteiger partial charge is 0.133 e. The van der Waals surface area contributed by atoms with Crippen LogP contribution in [0.1, 0.15) is 11.1 Å². The molecule has 0 aliphatic heterocycles. The number of anilines is 6. The molecule has 4 nitrogen and oxygen atoms in total. The van der Waals surface area contributed by atoms with Crippen LogP contribution < -0.4 is 119 Å². The third-order valence-corrected chi connectivity index (χ3v) is 17.1. The first-order chi connectivity index (χ1) is 43.7. The van der Waals surface area contributed by atoms with E-state index in [1.807, 2.05) is 48.5 Å². The van der Waals surface area contributed by atoms with Gasteiger partial charge < -0.3 is 9.80 Å². The number of nitrogens with zero attached hydrogens (tertiary/aromatic N) is 4. The van der Waals surface area contributed by atoms with Gasteiger partial charge in [-0.2, -0.15) is 10.5 Å². The van der Waals surface area contributed by atoms with Crippen molar-refractivity contribution in [3.8, 4) is 56.6 Å². The molecule has 0 atom stereocenters. The van der Waals surface area contributed by atoms with Crippen molar-refractivity contribution in [3.63, 3.8) is 0 Å². The van der Waals surface area contributed by atoms with Gasteiger partial charge in [-0.3, -0.25) is 0 Å². The van der Waals surface area contributed by atoms with Gasteiger partial charge in [0, 0.05) is 44.4 Å². The monoisotopic (exact) mass is 1130 g/mol. The predicted molar refractivity (Wildman–Crippen MR) is 398 cm³/mol. The van der Waals surface area contributed by atoms with Crippen LogP contribution in [-0.2, 0) is 0 Å². The summed E-state index contributed by atoms with van der Waals surface area (Å²) < 4.78 is 35.8. The van der Waals surface area contributed by atoms with E-state index in [1.54, 1.807) is 58.3 Å². The largest absolute Gasteiger partial charge is 0.309 e. The third kappa shape index (κ3) is 9.83. The minimum atomic E-state index is -0.881. The van der Waals surface area contributed by atoms with Crippen LogP contribution in [0.15, 0.2) is 121 Å². The zero-order valence-electron chi connectivity index (χ0n) is 48.6. The molecule has 0 N–H and O–H groups in total. The first kappa shape index (κ1) is 63.6. The maximum Gasteiger partial charge on any atom is 0.133 e. The van der Waals surface area contributed by atoms with Gasteiger partial charge in [-0.05, 0) is 129 Å². The van der Waals surface area contributed by atoms with Crippen LogP contribution in [0.25, 0.3) is 76.8 Å². The molecule has 0 bridgehead atoms. The highest BCUT2D eigenvalue weighted by molar-refractivity contribution is 6.72. The Morgan fingerprint density at radius 1 is 0.261 bits per heavy atom. The van der Waals surface area contributed by atoms with E-state index >= 15 is 8.78 Å². The van der Waals surface area contributed by atoms with Crippen molar-refractivity contribution in [3.05, 3.63) is 144 Å². The topological polar surface area (TPSA) is 54.1 Å². The second kappa shape index (κ2) is 23.8. The van der Waals surface area contributed by atoms with Crippen molar-refractivity contribution in [2.75, 3.05) is 9.80 Å². The Balaban J connectivity index is 1.19. The lowest BCUT2D eigenvalue weighted by atomic mass is 9.59. The van der Waals surface area contributed by atoms with Crippen LogP contribution in [-0.4, -0.2) is 157 Å². The van der Waals surface area contributed by atoms with Gasteiger partial charge in [0.1, 0.15) is 169 Å². The Labute approximate surface area is 558 Å². The zero-order valence-corrected chi connectivity index (χ0v) is 48.6. The van der Waals surface area contributed by atoms with E-state index in [4.69, 9.17) is 157 Å². The summed E-state index contributed by atoms with van der Waals surface area (Å²) in [5.74, 6) is -1.76. The van der Waals surface area contributed by atoms with Crippen LogP contribution in [0.2, 0.25) is 0 Å². The van der Waals surface area contributed by atoms with E-state index < -0.39 is 11.6 Å². The number of hydrogen-bond acceptors (Lipinski definition) is 4. The van der Waals surface area contributed by atoms with Crippen molar-refractivity contribution in [1.29, 1.82) is 10.5 Å². The Morgan fingerprint density at radius 3 is 0.761 bits per heavy atom. The molecule has 0 aromatic heterocycles. The third-order valence-electron chi connectivity index (χ3n) is 17.1. The molecule has 0 fully saturated rings. The highest BCUT2D eigenvalue weighted by Crippen LogP contribution is 2.51. The number of halogens is 2. The Bertz CT molecular complexity index is 4860. The van der Waals surface area contributed by atoms with Gasteiger partial charge >= 0.3 is 0 Å². The molecule has 0 spiro atoms. The number of benzene rings is 12. The first-order valence-corrected chi connectivity index (χ1v) is 27.8. The van der Waals surface area contributed by atoms with Crippen molar-refractivity contribution in [2.45, 2.75) is 0 Å². The van der Waals surface area contributed by atoms with Crippen LogP contribution in [0, 0.1) is 34.3 Å². The summed E-state index contributed by atoms with van der Waals surface area (Å²) in [5.41, 5.74) is -0.284. The summed E-state index contributed by atoms with van der Waals surface area (Å²) in [6, 6.07) is 37.8. The maximum absolute atomic E-state index is 17.9. The van der Waals surface area contributed by atoms with Gasteiger partial charge in [0.15, 0.2) is 0 Å². The molecule has 0 aliphatic carbocycles. The van der Waals surface area contributed by atoms with Gasteiger partial charge in [-0.25, -0.2) is 8.78 Å². The van der Waals surface area contributed by atoms with Crippen molar-refractivity contribution in [1.82, 2.24) is 0 Å². The van der Waals surface area contributed by atoms with Gasteiger partial charge in [-0.15, -0.1) is 65.6 Å². The van der Waals surface area contributed by atoms with E-state index in [0.29, 0.717) is 55.4 Å². The summed E-state index contributed by atoms with van der Waals surface area (Å²) in [6.45, 7) is 0. The second-order valence-corrected chi connectivity index (χ2v) is 22.1. The van der Waals surface area contributed by atoms with Crippen LogP contribution >= 0.6 is 0 Å². The van der Waals surface area contributed by atoms with E-state index in [-0.39, 0.29) is 165 Å². The molecule has 0 saturated heterocycles. The molecule has 0 unspecified atom stereocenters. The van der Waals surface area contributed by atoms with E-state index in [9.17, 15) is 10.5 Å². The van der Waals surface area contributed by atoms with Crippen molar-refractivity contribution in [2.24, 2.45) is 0 Å². The molecule has 0 aliphatic rings. The predicted octanol–water partition coefficient (Wildman–Crippen LogP) is -5.91. The number of rotatable bonds is 10. The van der Waals surface area contributed by atoms with Crippen molar-refractivity contribution < 1.29 is 8.78 Å². The van der Waals surface area contributed by atoms with Gasteiger partial charge in [0.2, 0.25) is 0 Å². The minimum absolute atomic E-state index is 0.0493. The van der Waals surface area contributed by atoms with E-state index in [0.717, 1.165) is 10.8 Å². The van der Waals surface area contributed by atoms with Crippen LogP contribution in [0.3, 0.4) is 0 Å². The molecule has 12 aromatic carbocycles. The molecule has 92 heavy (non-hydrogen) atoms. The number of nitriles is 2. The first-order valence-electron chi connectivity index (χ1n) is 27.8. The summed E-state index contributed by atoms with van der Waals surface area (Å²) in [4.78, 5) is 3.49. The fourth-order valence-corrected chi connectivity index (χ4v) is 12.2.